The van der Waals surface area contributed by atoms with Gasteiger partial charge in [0.25, 0.3) is 0 Å². The van der Waals surface area contributed by atoms with Crippen molar-refractivity contribution in [3.63, 3.8) is 0 Å². The van der Waals surface area contributed by atoms with Crippen molar-refractivity contribution in [2.75, 3.05) is 13.1 Å². The summed E-state index contributed by atoms with van der Waals surface area (Å²) in [5.74, 6) is 0.881. The largest absolute Gasteiger partial charge is 0.311 e. The number of piperazine rings is 1. The van der Waals surface area contributed by atoms with Crippen molar-refractivity contribution in [2.24, 2.45) is 5.92 Å². The second kappa shape index (κ2) is 6.45. The average Bonchev–Trinajstić information content (AvgIpc) is 2.51. The Morgan fingerprint density at radius 3 is 2.81 bits per heavy atom. The van der Waals surface area contributed by atoms with E-state index in [-0.39, 0.29) is 5.54 Å². The number of nitrogens with zero attached hydrogens (tertiary/aromatic N) is 2. The van der Waals surface area contributed by atoms with Crippen molar-refractivity contribution in [3.8, 4) is 0 Å². The van der Waals surface area contributed by atoms with Gasteiger partial charge in [-0.15, -0.1) is 0 Å². The Hall–Kier alpha value is -0.930. The highest BCUT2D eigenvalue weighted by molar-refractivity contribution is 5.10. The van der Waals surface area contributed by atoms with Crippen LogP contribution < -0.4 is 5.32 Å². The summed E-state index contributed by atoms with van der Waals surface area (Å²) in [6.45, 7) is 7.99. The van der Waals surface area contributed by atoms with E-state index in [0.29, 0.717) is 6.04 Å². The third kappa shape index (κ3) is 3.64. The van der Waals surface area contributed by atoms with Gasteiger partial charge in [0.05, 0.1) is 0 Å². The van der Waals surface area contributed by atoms with Gasteiger partial charge in [0, 0.05) is 43.6 Å². The van der Waals surface area contributed by atoms with Gasteiger partial charge in [-0.3, -0.25) is 9.88 Å². The summed E-state index contributed by atoms with van der Waals surface area (Å²) in [4.78, 5) is 6.92. The molecule has 1 atom stereocenters. The molecule has 116 valence electrons. The van der Waals surface area contributed by atoms with Gasteiger partial charge in [0.1, 0.15) is 0 Å². The summed E-state index contributed by atoms with van der Waals surface area (Å²) >= 11 is 0. The van der Waals surface area contributed by atoms with Crippen LogP contribution in [0.1, 0.15) is 51.5 Å². The summed E-state index contributed by atoms with van der Waals surface area (Å²) in [7, 11) is 0. The first kappa shape index (κ1) is 15.0. The van der Waals surface area contributed by atoms with E-state index in [4.69, 9.17) is 0 Å². The van der Waals surface area contributed by atoms with Gasteiger partial charge >= 0.3 is 0 Å². The molecule has 0 bridgehead atoms. The van der Waals surface area contributed by atoms with Gasteiger partial charge in [-0.25, -0.2) is 0 Å². The Balaban J connectivity index is 1.67. The first-order valence-corrected chi connectivity index (χ1v) is 8.52. The normalized spacial score (nSPS) is 27.6. The minimum atomic E-state index is 0.223. The standard InChI is InChI=1S/C18H29N3/c1-18(2)14-20-17(16-8-4-3-5-9-16)13-21(18)12-15-7-6-10-19-11-15/h6-7,10-11,16-17,20H,3-5,8-9,12-14H2,1-2H3. The van der Waals surface area contributed by atoms with Crippen LogP contribution in [-0.2, 0) is 6.54 Å². The first-order chi connectivity index (χ1) is 10.1. The molecule has 2 heterocycles. The molecule has 1 unspecified atom stereocenters. The smallest absolute Gasteiger partial charge is 0.0312 e. The minimum Gasteiger partial charge on any atom is -0.311 e. The Kier molecular flexibility index (Phi) is 4.60. The first-order valence-electron chi connectivity index (χ1n) is 8.52. The molecule has 2 aliphatic rings. The number of pyridine rings is 1. The van der Waals surface area contributed by atoms with E-state index >= 15 is 0 Å². The molecular formula is C18H29N3. The Morgan fingerprint density at radius 2 is 2.10 bits per heavy atom. The van der Waals surface area contributed by atoms with Crippen LogP contribution in [0.25, 0.3) is 0 Å². The molecule has 0 aromatic carbocycles. The molecule has 21 heavy (non-hydrogen) atoms. The van der Waals surface area contributed by atoms with E-state index in [1.54, 1.807) is 0 Å². The molecule has 1 aromatic heterocycles. The number of rotatable bonds is 3. The highest BCUT2D eigenvalue weighted by Crippen LogP contribution is 2.31. The third-order valence-corrected chi connectivity index (χ3v) is 5.39. The Morgan fingerprint density at radius 1 is 1.29 bits per heavy atom. The Labute approximate surface area is 129 Å². The lowest BCUT2D eigenvalue weighted by Crippen LogP contribution is -2.63. The molecule has 1 aliphatic heterocycles. The van der Waals surface area contributed by atoms with Gasteiger partial charge in [-0.1, -0.05) is 25.3 Å². The van der Waals surface area contributed by atoms with E-state index in [1.807, 2.05) is 18.5 Å². The number of aromatic nitrogens is 1. The van der Waals surface area contributed by atoms with Crippen molar-refractivity contribution >= 4 is 0 Å². The summed E-state index contributed by atoms with van der Waals surface area (Å²) in [5.41, 5.74) is 1.55. The molecule has 1 saturated heterocycles. The lowest BCUT2D eigenvalue weighted by Gasteiger charge is -2.48. The second-order valence-corrected chi connectivity index (χ2v) is 7.44. The van der Waals surface area contributed by atoms with Crippen LogP contribution in [0.2, 0.25) is 0 Å². The van der Waals surface area contributed by atoms with Crippen molar-refractivity contribution < 1.29 is 0 Å². The molecule has 3 nitrogen and oxygen atoms in total. The molecule has 2 fully saturated rings. The maximum atomic E-state index is 4.26. The van der Waals surface area contributed by atoms with E-state index in [9.17, 15) is 0 Å². The third-order valence-electron chi connectivity index (χ3n) is 5.39. The molecule has 1 aliphatic carbocycles. The molecule has 0 amide bonds. The average molecular weight is 287 g/mol. The predicted molar refractivity (Wildman–Crippen MR) is 87.1 cm³/mol. The van der Waals surface area contributed by atoms with Gasteiger partial charge in [-0.2, -0.15) is 0 Å². The fourth-order valence-corrected chi connectivity index (χ4v) is 3.88. The van der Waals surface area contributed by atoms with Crippen molar-refractivity contribution in [2.45, 2.75) is 64.1 Å². The fourth-order valence-electron chi connectivity index (χ4n) is 3.88. The number of hydrogen-bond acceptors (Lipinski definition) is 3. The molecule has 1 N–H and O–H groups in total. The van der Waals surface area contributed by atoms with Crippen LogP contribution >= 0.6 is 0 Å². The van der Waals surface area contributed by atoms with Gasteiger partial charge in [-0.05, 0) is 44.2 Å². The zero-order valence-electron chi connectivity index (χ0n) is 13.5. The van der Waals surface area contributed by atoms with Crippen molar-refractivity contribution in [1.82, 2.24) is 15.2 Å². The monoisotopic (exact) mass is 287 g/mol. The molecule has 3 heteroatoms. The van der Waals surface area contributed by atoms with E-state index in [0.717, 1.165) is 19.0 Å². The van der Waals surface area contributed by atoms with Crippen molar-refractivity contribution in [3.05, 3.63) is 30.1 Å². The van der Waals surface area contributed by atoms with Crippen molar-refractivity contribution in [1.29, 1.82) is 0 Å². The SMILES string of the molecule is CC1(C)CNC(C2CCCCC2)CN1Cc1cccnc1. The maximum absolute atomic E-state index is 4.26. The van der Waals surface area contributed by atoms with E-state index in [2.05, 4.69) is 35.1 Å². The highest BCUT2D eigenvalue weighted by atomic mass is 15.3. The molecule has 3 rings (SSSR count). The molecular weight excluding hydrogens is 258 g/mol. The van der Waals surface area contributed by atoms with Gasteiger partial charge in [0.15, 0.2) is 0 Å². The highest BCUT2D eigenvalue weighted by Gasteiger charge is 2.36. The van der Waals surface area contributed by atoms with Crippen LogP contribution in [0.15, 0.2) is 24.5 Å². The Bertz CT molecular complexity index is 437. The fraction of sp³-hybridized carbons (Fsp3) is 0.722. The van der Waals surface area contributed by atoms with Gasteiger partial charge in [0.2, 0.25) is 0 Å². The van der Waals surface area contributed by atoms with E-state index in [1.165, 1.54) is 44.2 Å². The lowest BCUT2D eigenvalue weighted by atomic mass is 9.81. The lowest BCUT2D eigenvalue weighted by molar-refractivity contribution is 0.0374. The molecule has 1 saturated carbocycles. The maximum Gasteiger partial charge on any atom is 0.0312 e. The minimum absolute atomic E-state index is 0.223. The quantitative estimate of drug-likeness (QED) is 0.925. The van der Waals surface area contributed by atoms with Crippen LogP contribution in [0, 0.1) is 5.92 Å². The van der Waals surface area contributed by atoms with Crippen LogP contribution in [0.4, 0.5) is 0 Å². The summed E-state index contributed by atoms with van der Waals surface area (Å²) in [5, 5.41) is 3.84. The summed E-state index contributed by atoms with van der Waals surface area (Å²) in [6.07, 6.45) is 11.0. The zero-order chi connectivity index (χ0) is 14.7. The summed E-state index contributed by atoms with van der Waals surface area (Å²) < 4.78 is 0. The molecule has 0 spiro atoms. The zero-order valence-corrected chi connectivity index (χ0v) is 13.5. The number of hydrogen-bond donors (Lipinski definition) is 1. The number of nitrogens with one attached hydrogen (secondary N) is 1. The van der Waals surface area contributed by atoms with Crippen LogP contribution in [-0.4, -0.2) is 34.6 Å². The second-order valence-electron chi connectivity index (χ2n) is 7.44. The molecule has 1 aromatic rings. The predicted octanol–water partition coefficient (Wildman–Crippen LogP) is 3.21. The summed E-state index contributed by atoms with van der Waals surface area (Å²) in [6, 6.07) is 4.92. The topological polar surface area (TPSA) is 28.2 Å². The van der Waals surface area contributed by atoms with Crippen LogP contribution in [0.3, 0.4) is 0 Å². The van der Waals surface area contributed by atoms with Crippen LogP contribution in [0.5, 0.6) is 0 Å². The molecule has 0 radical (unpaired) electrons. The van der Waals surface area contributed by atoms with Gasteiger partial charge < -0.3 is 5.32 Å². The van der Waals surface area contributed by atoms with E-state index < -0.39 is 0 Å².